The van der Waals surface area contributed by atoms with Crippen molar-refractivity contribution in [3.05, 3.63) is 53.3 Å². The second kappa shape index (κ2) is 6.67. The number of benzene rings is 1. The Morgan fingerprint density at radius 3 is 2.75 bits per heavy atom. The number of aromatic nitrogens is 2. The summed E-state index contributed by atoms with van der Waals surface area (Å²) in [5.74, 6) is -0.519. The van der Waals surface area contributed by atoms with Crippen LogP contribution in [-0.2, 0) is 17.4 Å². The number of hydrogen-bond acceptors (Lipinski definition) is 2. The first-order chi connectivity index (χ1) is 11.4. The Morgan fingerprint density at radius 2 is 2.04 bits per heavy atom. The molecule has 1 fully saturated rings. The van der Waals surface area contributed by atoms with E-state index in [4.69, 9.17) is 0 Å². The molecule has 1 heterocycles. The maximum atomic E-state index is 13.2. The van der Waals surface area contributed by atoms with E-state index < -0.39 is 11.7 Å². The third kappa shape index (κ3) is 3.60. The maximum absolute atomic E-state index is 13.2. The van der Waals surface area contributed by atoms with E-state index in [9.17, 15) is 18.0 Å². The molecule has 0 aliphatic heterocycles. The molecule has 2 N–H and O–H groups in total. The number of carbonyl (C=O) groups excluding carboxylic acids is 1. The second-order valence-corrected chi connectivity index (χ2v) is 6.06. The van der Waals surface area contributed by atoms with Gasteiger partial charge in [0.2, 0.25) is 5.91 Å². The highest BCUT2D eigenvalue weighted by molar-refractivity contribution is 5.78. The van der Waals surface area contributed by atoms with Gasteiger partial charge in [-0.3, -0.25) is 9.89 Å². The van der Waals surface area contributed by atoms with Crippen molar-refractivity contribution >= 4 is 5.91 Å². The summed E-state index contributed by atoms with van der Waals surface area (Å²) in [7, 11) is 0. The Hall–Kier alpha value is -2.31. The van der Waals surface area contributed by atoms with Gasteiger partial charge in [0.15, 0.2) is 0 Å². The number of aromatic amines is 1. The first-order valence-electron chi connectivity index (χ1n) is 7.89. The number of hydrogen-bond donors (Lipinski definition) is 2. The summed E-state index contributed by atoms with van der Waals surface area (Å²) in [6.07, 6.45) is -0.562. The van der Waals surface area contributed by atoms with Crippen LogP contribution in [-0.4, -0.2) is 22.1 Å². The summed E-state index contributed by atoms with van der Waals surface area (Å²) in [5.41, 5.74) is 0.344. The number of H-pyrrole nitrogens is 1. The molecule has 1 aliphatic rings. The Balaban J connectivity index is 1.75. The molecule has 1 aromatic heterocycles. The van der Waals surface area contributed by atoms with Crippen molar-refractivity contribution in [2.45, 2.75) is 43.8 Å². The predicted octanol–water partition coefficient (Wildman–Crippen LogP) is 3.42. The highest BCUT2D eigenvalue weighted by atomic mass is 19.4. The van der Waals surface area contributed by atoms with Gasteiger partial charge in [0.1, 0.15) is 0 Å². The standard InChI is InChI=1S/C17H18F3N3O/c18-17(19,20)14-6-2-1-4-12(14)13-5-3-7-15(13)22-16(24)10-11-8-9-21-23-11/h1-2,4,6,8-9,13,15H,3,5,7,10H2,(H,21,23)(H,22,24). The molecule has 2 unspecified atom stereocenters. The minimum absolute atomic E-state index is 0.143. The van der Waals surface area contributed by atoms with E-state index in [0.29, 0.717) is 18.5 Å². The zero-order valence-corrected chi connectivity index (χ0v) is 12.9. The molecule has 0 radical (unpaired) electrons. The van der Waals surface area contributed by atoms with Crippen LogP contribution in [0.1, 0.15) is 42.0 Å². The van der Waals surface area contributed by atoms with Gasteiger partial charge >= 0.3 is 6.18 Å². The van der Waals surface area contributed by atoms with Gasteiger partial charge in [0, 0.05) is 23.9 Å². The monoisotopic (exact) mass is 337 g/mol. The lowest BCUT2D eigenvalue weighted by Gasteiger charge is -2.24. The van der Waals surface area contributed by atoms with Gasteiger partial charge in [-0.2, -0.15) is 18.3 Å². The van der Waals surface area contributed by atoms with E-state index in [-0.39, 0.29) is 29.9 Å². The van der Waals surface area contributed by atoms with E-state index in [1.54, 1.807) is 18.3 Å². The zero-order chi connectivity index (χ0) is 17.2. The van der Waals surface area contributed by atoms with E-state index in [1.807, 2.05) is 0 Å². The van der Waals surface area contributed by atoms with Crippen LogP contribution >= 0.6 is 0 Å². The second-order valence-electron chi connectivity index (χ2n) is 6.06. The Labute approximate surface area is 137 Å². The molecule has 1 saturated carbocycles. The van der Waals surface area contributed by atoms with Crippen LogP contribution in [0.3, 0.4) is 0 Å². The van der Waals surface area contributed by atoms with Crippen molar-refractivity contribution < 1.29 is 18.0 Å². The number of amides is 1. The van der Waals surface area contributed by atoms with Crippen LogP contribution < -0.4 is 5.32 Å². The number of alkyl halides is 3. The van der Waals surface area contributed by atoms with Crippen LogP contribution in [0.2, 0.25) is 0 Å². The van der Waals surface area contributed by atoms with Crippen LogP contribution in [0, 0.1) is 0 Å². The van der Waals surface area contributed by atoms with E-state index in [1.165, 1.54) is 12.1 Å². The number of nitrogens with one attached hydrogen (secondary N) is 2. The Bertz CT molecular complexity index is 697. The molecule has 2 atom stereocenters. The fraction of sp³-hybridized carbons (Fsp3) is 0.412. The Kier molecular flexibility index (Phi) is 4.59. The van der Waals surface area contributed by atoms with Crippen LogP contribution in [0.4, 0.5) is 13.2 Å². The molecule has 128 valence electrons. The first-order valence-corrected chi connectivity index (χ1v) is 7.89. The molecule has 24 heavy (non-hydrogen) atoms. The minimum Gasteiger partial charge on any atom is -0.352 e. The van der Waals surface area contributed by atoms with Gasteiger partial charge in [-0.15, -0.1) is 0 Å². The van der Waals surface area contributed by atoms with Crippen molar-refractivity contribution in [3.63, 3.8) is 0 Å². The topological polar surface area (TPSA) is 57.8 Å². The van der Waals surface area contributed by atoms with Gasteiger partial charge in [-0.05, 0) is 30.5 Å². The molecule has 0 spiro atoms. The van der Waals surface area contributed by atoms with Crippen LogP contribution in [0.5, 0.6) is 0 Å². The van der Waals surface area contributed by atoms with Gasteiger partial charge in [0.05, 0.1) is 12.0 Å². The van der Waals surface area contributed by atoms with E-state index >= 15 is 0 Å². The molecule has 0 bridgehead atoms. The number of rotatable bonds is 4. The molecule has 1 aliphatic carbocycles. The number of nitrogens with zero attached hydrogens (tertiary/aromatic N) is 1. The molecule has 0 saturated heterocycles. The first kappa shape index (κ1) is 16.5. The van der Waals surface area contributed by atoms with Crippen LogP contribution in [0.25, 0.3) is 0 Å². The Morgan fingerprint density at radius 1 is 1.25 bits per heavy atom. The summed E-state index contributed by atoms with van der Waals surface area (Å²) in [6.45, 7) is 0. The van der Waals surface area contributed by atoms with E-state index in [2.05, 4.69) is 15.5 Å². The van der Waals surface area contributed by atoms with Gasteiger partial charge < -0.3 is 5.32 Å². The summed E-state index contributed by atoms with van der Waals surface area (Å²) in [5, 5.41) is 9.37. The normalized spacial score (nSPS) is 21.0. The smallest absolute Gasteiger partial charge is 0.352 e. The summed E-state index contributed by atoms with van der Waals surface area (Å²) >= 11 is 0. The quantitative estimate of drug-likeness (QED) is 0.898. The van der Waals surface area contributed by atoms with Crippen molar-refractivity contribution in [1.82, 2.24) is 15.5 Å². The highest BCUT2D eigenvalue weighted by Gasteiger charge is 2.38. The fourth-order valence-corrected chi connectivity index (χ4v) is 3.40. The fourth-order valence-electron chi connectivity index (χ4n) is 3.40. The van der Waals surface area contributed by atoms with Gasteiger partial charge in [-0.1, -0.05) is 24.6 Å². The maximum Gasteiger partial charge on any atom is 0.416 e. The molecule has 3 rings (SSSR count). The average molecular weight is 337 g/mol. The van der Waals surface area contributed by atoms with Gasteiger partial charge in [0.25, 0.3) is 0 Å². The van der Waals surface area contributed by atoms with Crippen molar-refractivity contribution in [1.29, 1.82) is 0 Å². The number of halogens is 3. The molecule has 4 nitrogen and oxygen atoms in total. The lowest BCUT2D eigenvalue weighted by molar-refractivity contribution is -0.138. The average Bonchev–Trinajstić information content (AvgIpc) is 3.18. The molecule has 2 aromatic rings. The molecular formula is C17H18F3N3O. The molecule has 7 heteroatoms. The van der Waals surface area contributed by atoms with Crippen molar-refractivity contribution in [2.24, 2.45) is 0 Å². The van der Waals surface area contributed by atoms with Crippen molar-refractivity contribution in [2.75, 3.05) is 0 Å². The molecule has 1 amide bonds. The summed E-state index contributed by atoms with van der Waals surface area (Å²) in [4.78, 5) is 12.1. The third-order valence-corrected chi connectivity index (χ3v) is 4.44. The third-order valence-electron chi connectivity index (χ3n) is 4.44. The predicted molar refractivity (Wildman–Crippen MR) is 82.3 cm³/mol. The highest BCUT2D eigenvalue weighted by Crippen LogP contribution is 2.41. The molecule has 1 aromatic carbocycles. The summed E-state index contributed by atoms with van der Waals surface area (Å²) in [6, 6.07) is 7.07. The van der Waals surface area contributed by atoms with Gasteiger partial charge in [-0.25, -0.2) is 0 Å². The lowest BCUT2D eigenvalue weighted by Crippen LogP contribution is -2.38. The number of carbonyl (C=O) groups is 1. The minimum atomic E-state index is -4.39. The SMILES string of the molecule is O=C(Cc1ccn[nH]1)NC1CCCC1c1ccccc1C(F)(F)F. The van der Waals surface area contributed by atoms with E-state index in [0.717, 1.165) is 12.5 Å². The lowest BCUT2D eigenvalue weighted by atomic mass is 9.89. The van der Waals surface area contributed by atoms with Crippen molar-refractivity contribution in [3.8, 4) is 0 Å². The largest absolute Gasteiger partial charge is 0.416 e. The summed E-state index contributed by atoms with van der Waals surface area (Å²) < 4.78 is 39.7. The molecular weight excluding hydrogens is 319 g/mol. The zero-order valence-electron chi connectivity index (χ0n) is 12.9. The van der Waals surface area contributed by atoms with Crippen LogP contribution in [0.15, 0.2) is 36.5 Å².